The van der Waals surface area contributed by atoms with E-state index < -0.39 is 0 Å². The van der Waals surface area contributed by atoms with Crippen LogP contribution in [0.4, 0.5) is 0 Å². The van der Waals surface area contributed by atoms with Gasteiger partial charge < -0.3 is 10.1 Å². The summed E-state index contributed by atoms with van der Waals surface area (Å²) in [6.45, 7) is 5.71. The minimum absolute atomic E-state index is 0.292. The van der Waals surface area contributed by atoms with E-state index in [0.29, 0.717) is 18.7 Å². The second-order valence-corrected chi connectivity index (χ2v) is 2.35. The molecule has 0 aromatic carbocycles. The first-order valence-corrected chi connectivity index (χ1v) is 3.87. The number of nitrogens with one attached hydrogen (secondary N) is 1. The lowest BCUT2D eigenvalue weighted by Crippen LogP contribution is -2.22. The first-order valence-electron chi connectivity index (χ1n) is 3.87. The van der Waals surface area contributed by atoms with E-state index in [-0.39, 0.29) is 11.9 Å². The highest BCUT2D eigenvalue weighted by Crippen LogP contribution is 2.03. The molecule has 1 unspecified atom stereocenters. The minimum atomic E-state index is -0.375. The third kappa shape index (κ3) is 3.16. The molecule has 1 N–H and O–H groups in total. The molecule has 3 heteroatoms. The highest BCUT2D eigenvalue weighted by atomic mass is 16.5. The maximum Gasteiger partial charge on any atom is 0.314 e. The fraction of sp³-hybridized carbons (Fsp3) is 0.750. The zero-order valence-electron chi connectivity index (χ0n) is 7.31. The fourth-order valence-corrected chi connectivity index (χ4v) is 0.716. The Morgan fingerprint density at radius 3 is 2.45 bits per heavy atom. The Morgan fingerprint density at radius 1 is 1.55 bits per heavy atom. The quantitative estimate of drug-likeness (QED) is 0.498. The summed E-state index contributed by atoms with van der Waals surface area (Å²) >= 11 is 0. The largest absolute Gasteiger partial charge is 0.465 e. The first kappa shape index (κ1) is 10.1. The lowest BCUT2D eigenvalue weighted by atomic mass is 10.0. The van der Waals surface area contributed by atoms with E-state index in [9.17, 15) is 4.79 Å². The fourth-order valence-electron chi connectivity index (χ4n) is 0.716. The smallest absolute Gasteiger partial charge is 0.314 e. The van der Waals surface area contributed by atoms with E-state index >= 15 is 0 Å². The van der Waals surface area contributed by atoms with Gasteiger partial charge in [-0.25, -0.2) is 0 Å². The van der Waals surface area contributed by atoms with E-state index in [1.807, 2.05) is 6.92 Å². The van der Waals surface area contributed by atoms with E-state index in [2.05, 4.69) is 0 Å². The van der Waals surface area contributed by atoms with Crippen molar-refractivity contribution < 1.29 is 9.53 Å². The Hall–Kier alpha value is -0.860. The van der Waals surface area contributed by atoms with Crippen molar-refractivity contribution in [3.8, 4) is 0 Å². The van der Waals surface area contributed by atoms with Gasteiger partial charge in [-0.15, -0.1) is 0 Å². The molecule has 1 atom stereocenters. The number of esters is 1. The molecule has 0 radical (unpaired) electrons. The van der Waals surface area contributed by atoms with Crippen LogP contribution in [0.15, 0.2) is 0 Å². The predicted octanol–water partition coefficient (Wildman–Crippen LogP) is 1.62. The predicted molar refractivity (Wildman–Crippen MR) is 43.8 cm³/mol. The van der Waals surface area contributed by atoms with Gasteiger partial charge in [0.2, 0.25) is 0 Å². The van der Waals surface area contributed by atoms with Gasteiger partial charge in [0, 0.05) is 5.71 Å². The summed E-state index contributed by atoms with van der Waals surface area (Å²) in [5.41, 5.74) is 0.434. The van der Waals surface area contributed by atoms with Crippen LogP contribution < -0.4 is 0 Å². The highest BCUT2D eigenvalue weighted by Gasteiger charge is 2.16. The van der Waals surface area contributed by atoms with Crippen molar-refractivity contribution in [2.75, 3.05) is 6.61 Å². The summed E-state index contributed by atoms with van der Waals surface area (Å²) in [7, 11) is 0. The van der Waals surface area contributed by atoms with Gasteiger partial charge in [-0.3, -0.25) is 4.79 Å². The maximum absolute atomic E-state index is 11.0. The maximum atomic E-state index is 11.0. The van der Waals surface area contributed by atoms with E-state index in [4.69, 9.17) is 10.1 Å². The molecule has 0 spiro atoms. The van der Waals surface area contributed by atoms with E-state index in [1.54, 1.807) is 13.8 Å². The number of carbonyl (C=O) groups excluding carboxylic acids is 1. The minimum Gasteiger partial charge on any atom is -0.465 e. The van der Waals surface area contributed by atoms with Crippen LogP contribution >= 0.6 is 0 Å². The molecule has 0 saturated carbocycles. The average molecular weight is 157 g/mol. The molecule has 0 fully saturated rings. The zero-order valence-corrected chi connectivity index (χ0v) is 7.31. The van der Waals surface area contributed by atoms with E-state index in [0.717, 1.165) is 0 Å². The summed E-state index contributed by atoms with van der Waals surface area (Å²) in [5.74, 6) is -0.667. The molecule has 0 aliphatic carbocycles. The highest BCUT2D eigenvalue weighted by molar-refractivity contribution is 5.99. The van der Waals surface area contributed by atoms with Gasteiger partial charge in [0.1, 0.15) is 0 Å². The monoisotopic (exact) mass is 157 g/mol. The van der Waals surface area contributed by atoms with Gasteiger partial charge in [0.15, 0.2) is 0 Å². The molecule has 0 bridgehead atoms. The van der Waals surface area contributed by atoms with Gasteiger partial charge >= 0.3 is 5.97 Å². The second kappa shape index (κ2) is 4.88. The Kier molecular flexibility index (Phi) is 4.50. The molecule has 0 aromatic heterocycles. The number of ether oxygens (including phenoxy) is 1. The number of carbonyl (C=O) groups is 1. The van der Waals surface area contributed by atoms with Crippen LogP contribution in [0.5, 0.6) is 0 Å². The topological polar surface area (TPSA) is 50.2 Å². The van der Waals surface area contributed by atoms with Crippen molar-refractivity contribution >= 4 is 11.7 Å². The van der Waals surface area contributed by atoms with Crippen LogP contribution in [-0.2, 0) is 9.53 Å². The van der Waals surface area contributed by atoms with Gasteiger partial charge in [0.25, 0.3) is 0 Å². The molecule has 0 aromatic rings. The summed E-state index contributed by atoms with van der Waals surface area (Å²) in [6.07, 6.45) is 0.611. The van der Waals surface area contributed by atoms with Gasteiger partial charge in [-0.05, 0) is 20.3 Å². The van der Waals surface area contributed by atoms with Crippen molar-refractivity contribution in [3.63, 3.8) is 0 Å². The average Bonchev–Trinajstić information content (AvgIpc) is 2.02. The number of hydrogen-bond donors (Lipinski definition) is 1. The normalized spacial score (nSPS) is 12.3. The molecular weight excluding hydrogens is 142 g/mol. The van der Waals surface area contributed by atoms with Crippen LogP contribution in [0, 0.1) is 11.3 Å². The van der Waals surface area contributed by atoms with Gasteiger partial charge in [0.05, 0.1) is 12.5 Å². The van der Waals surface area contributed by atoms with Crippen LogP contribution in [-0.4, -0.2) is 18.3 Å². The molecule has 64 valence electrons. The molecule has 0 heterocycles. The third-order valence-electron chi connectivity index (χ3n) is 1.54. The van der Waals surface area contributed by atoms with Crippen molar-refractivity contribution in [1.29, 1.82) is 5.41 Å². The Morgan fingerprint density at radius 2 is 2.09 bits per heavy atom. The Bertz CT molecular complexity index is 154. The lowest BCUT2D eigenvalue weighted by Gasteiger charge is -2.09. The van der Waals surface area contributed by atoms with Gasteiger partial charge in [-0.1, -0.05) is 6.92 Å². The Labute approximate surface area is 67.3 Å². The van der Waals surface area contributed by atoms with Crippen LogP contribution in [0.3, 0.4) is 0 Å². The molecule has 3 nitrogen and oxygen atoms in total. The number of hydrogen-bond acceptors (Lipinski definition) is 3. The molecular formula is C8H15NO2. The van der Waals surface area contributed by atoms with Crippen LogP contribution in [0.25, 0.3) is 0 Å². The van der Waals surface area contributed by atoms with Crippen LogP contribution in [0.1, 0.15) is 27.2 Å². The van der Waals surface area contributed by atoms with E-state index in [1.165, 1.54) is 0 Å². The number of rotatable bonds is 4. The summed E-state index contributed by atoms with van der Waals surface area (Å²) in [5, 5.41) is 7.35. The SMILES string of the molecule is CCOC(=O)C(C)C(=N)CC. The zero-order chi connectivity index (χ0) is 8.85. The van der Waals surface area contributed by atoms with Crippen LogP contribution in [0.2, 0.25) is 0 Å². The molecule has 0 aliphatic heterocycles. The molecule has 0 saturated heterocycles. The standard InChI is InChI=1S/C8H15NO2/c1-4-7(9)6(3)8(10)11-5-2/h6,9H,4-5H2,1-3H3. The van der Waals surface area contributed by atoms with Crippen molar-refractivity contribution in [2.45, 2.75) is 27.2 Å². The van der Waals surface area contributed by atoms with Crippen molar-refractivity contribution in [2.24, 2.45) is 5.92 Å². The lowest BCUT2D eigenvalue weighted by molar-refractivity contribution is -0.145. The molecule has 0 amide bonds. The van der Waals surface area contributed by atoms with Crippen molar-refractivity contribution in [1.82, 2.24) is 0 Å². The van der Waals surface area contributed by atoms with Crippen molar-refractivity contribution in [3.05, 3.63) is 0 Å². The van der Waals surface area contributed by atoms with Gasteiger partial charge in [-0.2, -0.15) is 0 Å². The Balaban J connectivity index is 3.91. The summed E-state index contributed by atoms with van der Waals surface area (Å²) in [6, 6.07) is 0. The summed E-state index contributed by atoms with van der Waals surface area (Å²) < 4.78 is 4.75. The molecule has 11 heavy (non-hydrogen) atoms. The second-order valence-electron chi connectivity index (χ2n) is 2.35. The third-order valence-corrected chi connectivity index (χ3v) is 1.54. The summed E-state index contributed by atoms with van der Waals surface area (Å²) in [4.78, 5) is 11.0. The molecule has 0 rings (SSSR count). The molecule has 0 aliphatic rings. The first-order chi connectivity index (χ1) is 5.13.